The van der Waals surface area contributed by atoms with Gasteiger partial charge in [-0.25, -0.2) is 4.79 Å². The molecule has 0 saturated carbocycles. The first-order valence-corrected chi connectivity index (χ1v) is 6.71. The number of carboxylic acid groups (broad SMARTS) is 1. The summed E-state index contributed by atoms with van der Waals surface area (Å²) in [6, 6.07) is 6.22. The highest BCUT2D eigenvalue weighted by Crippen LogP contribution is 2.13. The fourth-order valence-corrected chi connectivity index (χ4v) is 1.90. The number of benzene rings is 1. The highest BCUT2D eigenvalue weighted by atomic mass is 16.5. The maximum absolute atomic E-state index is 11.9. The second kappa shape index (κ2) is 8.97. The van der Waals surface area contributed by atoms with E-state index in [0.717, 1.165) is 5.56 Å². The van der Waals surface area contributed by atoms with E-state index in [1.807, 2.05) is 0 Å². The van der Waals surface area contributed by atoms with E-state index in [9.17, 15) is 9.59 Å². The van der Waals surface area contributed by atoms with E-state index < -0.39 is 12.0 Å². The standard InChI is InChI=1S/C15H21NO5/c1-20-8-4-7-13(15(18)19)16-14(17)10-11-5-3-6-12(9-11)21-2/h3,5-6,9,13H,4,7-8,10H2,1-2H3,(H,16,17)(H,18,19). The number of carboxylic acids is 1. The van der Waals surface area contributed by atoms with Gasteiger partial charge in [0.15, 0.2) is 0 Å². The Kier molecular flexibility index (Phi) is 7.25. The maximum atomic E-state index is 11.9. The summed E-state index contributed by atoms with van der Waals surface area (Å²) in [4.78, 5) is 23.0. The zero-order chi connectivity index (χ0) is 15.7. The molecule has 0 aliphatic carbocycles. The molecule has 1 unspecified atom stereocenters. The molecule has 0 aliphatic rings. The van der Waals surface area contributed by atoms with Crippen LogP contribution in [-0.2, 0) is 20.7 Å². The van der Waals surface area contributed by atoms with Crippen LogP contribution in [0.4, 0.5) is 0 Å². The Morgan fingerprint density at radius 1 is 1.33 bits per heavy atom. The van der Waals surface area contributed by atoms with Gasteiger partial charge in [0.25, 0.3) is 0 Å². The lowest BCUT2D eigenvalue weighted by molar-refractivity contribution is -0.142. The van der Waals surface area contributed by atoms with Crippen molar-refractivity contribution < 1.29 is 24.2 Å². The van der Waals surface area contributed by atoms with Gasteiger partial charge in [-0.05, 0) is 30.5 Å². The fourth-order valence-electron chi connectivity index (χ4n) is 1.90. The van der Waals surface area contributed by atoms with Crippen molar-refractivity contribution in [3.63, 3.8) is 0 Å². The van der Waals surface area contributed by atoms with Crippen LogP contribution in [0.15, 0.2) is 24.3 Å². The topological polar surface area (TPSA) is 84.9 Å². The molecule has 0 fully saturated rings. The first kappa shape index (κ1) is 17.0. The second-order valence-corrected chi connectivity index (χ2v) is 4.62. The summed E-state index contributed by atoms with van der Waals surface area (Å²) >= 11 is 0. The average Bonchev–Trinajstić information content (AvgIpc) is 2.46. The monoisotopic (exact) mass is 295 g/mol. The van der Waals surface area contributed by atoms with Gasteiger partial charge in [0.1, 0.15) is 11.8 Å². The minimum Gasteiger partial charge on any atom is -0.497 e. The van der Waals surface area contributed by atoms with Crippen LogP contribution in [0.5, 0.6) is 5.75 Å². The molecular weight excluding hydrogens is 274 g/mol. The minimum absolute atomic E-state index is 0.116. The molecule has 1 aromatic rings. The van der Waals surface area contributed by atoms with Crippen molar-refractivity contribution in [2.45, 2.75) is 25.3 Å². The lowest BCUT2D eigenvalue weighted by Gasteiger charge is -2.14. The zero-order valence-corrected chi connectivity index (χ0v) is 12.3. The molecule has 1 aromatic carbocycles. The van der Waals surface area contributed by atoms with Gasteiger partial charge in [0.2, 0.25) is 5.91 Å². The van der Waals surface area contributed by atoms with Gasteiger partial charge in [-0.1, -0.05) is 12.1 Å². The second-order valence-electron chi connectivity index (χ2n) is 4.62. The molecule has 0 radical (unpaired) electrons. The van der Waals surface area contributed by atoms with Crippen molar-refractivity contribution in [1.82, 2.24) is 5.32 Å². The molecular formula is C15H21NO5. The number of carbonyl (C=O) groups excluding carboxylic acids is 1. The fraction of sp³-hybridized carbons (Fsp3) is 0.467. The highest BCUT2D eigenvalue weighted by Gasteiger charge is 2.19. The largest absolute Gasteiger partial charge is 0.497 e. The molecule has 116 valence electrons. The quantitative estimate of drug-likeness (QED) is 0.669. The van der Waals surface area contributed by atoms with Crippen molar-refractivity contribution >= 4 is 11.9 Å². The highest BCUT2D eigenvalue weighted by molar-refractivity contribution is 5.84. The van der Waals surface area contributed by atoms with E-state index in [2.05, 4.69) is 5.32 Å². The molecule has 0 aromatic heterocycles. The summed E-state index contributed by atoms with van der Waals surface area (Å²) in [5.74, 6) is -0.701. The van der Waals surface area contributed by atoms with E-state index in [1.165, 1.54) is 0 Å². The molecule has 0 spiro atoms. The number of ether oxygens (including phenoxy) is 2. The molecule has 0 bridgehead atoms. The molecule has 6 nitrogen and oxygen atoms in total. The first-order valence-electron chi connectivity index (χ1n) is 6.71. The maximum Gasteiger partial charge on any atom is 0.326 e. The third-order valence-corrected chi connectivity index (χ3v) is 2.97. The Morgan fingerprint density at radius 3 is 2.71 bits per heavy atom. The van der Waals surface area contributed by atoms with Crippen LogP contribution < -0.4 is 10.1 Å². The summed E-state index contributed by atoms with van der Waals surface area (Å²) in [5.41, 5.74) is 0.771. The summed E-state index contributed by atoms with van der Waals surface area (Å²) in [6.45, 7) is 0.468. The lowest BCUT2D eigenvalue weighted by Crippen LogP contribution is -2.41. The van der Waals surface area contributed by atoms with E-state index in [4.69, 9.17) is 14.6 Å². The molecule has 0 heterocycles. The minimum atomic E-state index is -1.04. The predicted molar refractivity (Wildman–Crippen MR) is 77.4 cm³/mol. The van der Waals surface area contributed by atoms with Crippen molar-refractivity contribution in [3.05, 3.63) is 29.8 Å². The van der Waals surface area contributed by atoms with Crippen LogP contribution >= 0.6 is 0 Å². The van der Waals surface area contributed by atoms with Gasteiger partial charge in [-0.2, -0.15) is 0 Å². The number of nitrogens with one attached hydrogen (secondary N) is 1. The zero-order valence-electron chi connectivity index (χ0n) is 12.3. The van der Waals surface area contributed by atoms with Crippen LogP contribution in [0.1, 0.15) is 18.4 Å². The van der Waals surface area contributed by atoms with Crippen molar-refractivity contribution in [2.75, 3.05) is 20.8 Å². The number of methoxy groups -OCH3 is 2. The van der Waals surface area contributed by atoms with Gasteiger partial charge < -0.3 is 19.9 Å². The van der Waals surface area contributed by atoms with Crippen molar-refractivity contribution in [1.29, 1.82) is 0 Å². The Bertz CT molecular complexity index is 475. The van der Waals surface area contributed by atoms with Crippen LogP contribution in [0.2, 0.25) is 0 Å². The molecule has 6 heteroatoms. The van der Waals surface area contributed by atoms with Gasteiger partial charge in [-0.15, -0.1) is 0 Å². The number of hydrogen-bond acceptors (Lipinski definition) is 4. The van der Waals surface area contributed by atoms with Gasteiger partial charge in [-0.3, -0.25) is 4.79 Å². The third-order valence-electron chi connectivity index (χ3n) is 2.97. The number of hydrogen-bond donors (Lipinski definition) is 2. The SMILES string of the molecule is COCCCC(NC(=O)Cc1cccc(OC)c1)C(=O)O. The summed E-state index contributed by atoms with van der Waals surface area (Å²) in [5, 5.41) is 11.6. The summed E-state index contributed by atoms with van der Waals surface area (Å²) < 4.78 is 9.96. The molecule has 2 N–H and O–H groups in total. The Balaban J connectivity index is 2.54. The average molecular weight is 295 g/mol. The van der Waals surface area contributed by atoms with Crippen LogP contribution in [-0.4, -0.2) is 43.9 Å². The van der Waals surface area contributed by atoms with Gasteiger partial charge in [0.05, 0.1) is 13.5 Å². The molecule has 0 saturated heterocycles. The van der Waals surface area contributed by atoms with Crippen LogP contribution in [0, 0.1) is 0 Å². The van der Waals surface area contributed by atoms with E-state index in [0.29, 0.717) is 25.2 Å². The molecule has 0 aliphatic heterocycles. The summed E-state index contributed by atoms with van der Waals surface area (Å²) in [7, 11) is 3.10. The summed E-state index contributed by atoms with van der Waals surface area (Å²) in [6.07, 6.45) is 1.03. The first-order chi connectivity index (χ1) is 10.1. The molecule has 21 heavy (non-hydrogen) atoms. The van der Waals surface area contributed by atoms with Crippen LogP contribution in [0.3, 0.4) is 0 Å². The Hall–Kier alpha value is -2.08. The number of carbonyl (C=O) groups is 2. The van der Waals surface area contributed by atoms with Crippen molar-refractivity contribution in [2.24, 2.45) is 0 Å². The van der Waals surface area contributed by atoms with Crippen LogP contribution in [0.25, 0.3) is 0 Å². The number of rotatable bonds is 9. The normalized spacial score (nSPS) is 11.7. The van der Waals surface area contributed by atoms with E-state index in [1.54, 1.807) is 38.5 Å². The molecule has 1 atom stereocenters. The number of aliphatic carboxylic acids is 1. The van der Waals surface area contributed by atoms with Crippen molar-refractivity contribution in [3.8, 4) is 5.75 Å². The van der Waals surface area contributed by atoms with E-state index >= 15 is 0 Å². The Labute approximate surface area is 124 Å². The Morgan fingerprint density at radius 2 is 2.10 bits per heavy atom. The number of amides is 1. The predicted octanol–water partition coefficient (Wildman–Crippen LogP) is 1.23. The smallest absolute Gasteiger partial charge is 0.326 e. The van der Waals surface area contributed by atoms with Gasteiger partial charge >= 0.3 is 5.97 Å². The van der Waals surface area contributed by atoms with Gasteiger partial charge in [0, 0.05) is 13.7 Å². The lowest BCUT2D eigenvalue weighted by atomic mass is 10.1. The molecule has 1 amide bonds. The van der Waals surface area contributed by atoms with E-state index in [-0.39, 0.29) is 12.3 Å². The molecule has 1 rings (SSSR count). The third kappa shape index (κ3) is 6.27.